The van der Waals surface area contributed by atoms with Crippen molar-refractivity contribution in [3.05, 3.63) is 23.1 Å². The molecule has 0 saturated heterocycles. The van der Waals surface area contributed by atoms with Gasteiger partial charge in [0.15, 0.2) is 0 Å². The van der Waals surface area contributed by atoms with Crippen molar-refractivity contribution in [1.82, 2.24) is 14.8 Å². The predicted molar refractivity (Wildman–Crippen MR) is 51.4 cm³/mol. The molecule has 1 atom stereocenters. The van der Waals surface area contributed by atoms with E-state index in [2.05, 4.69) is 26.0 Å². The molecule has 0 aliphatic heterocycles. The van der Waals surface area contributed by atoms with Gasteiger partial charge in [-0.15, -0.1) is 0 Å². The molecule has 0 radical (unpaired) electrons. The highest BCUT2D eigenvalue weighted by atomic mass is 79.9. The number of fused-ring (bicyclic) bond motifs is 1. The molecule has 2 aromatic heterocycles. The zero-order chi connectivity index (χ0) is 11.0. The summed E-state index contributed by atoms with van der Waals surface area (Å²) in [7, 11) is 0. The molecule has 1 unspecified atom stereocenters. The van der Waals surface area contributed by atoms with Crippen molar-refractivity contribution >= 4 is 26.8 Å². The van der Waals surface area contributed by atoms with Crippen LogP contribution in [0.5, 0.6) is 0 Å². The molecule has 0 aromatic carbocycles. The summed E-state index contributed by atoms with van der Waals surface area (Å²) >= 11 is 3.08. The van der Waals surface area contributed by atoms with E-state index in [4.69, 9.17) is 0 Å². The van der Waals surface area contributed by atoms with Crippen molar-refractivity contribution in [3.8, 4) is 0 Å². The average molecular weight is 280 g/mol. The van der Waals surface area contributed by atoms with Gasteiger partial charge in [-0.05, 0) is 22.0 Å². The Morgan fingerprint density at radius 3 is 2.67 bits per heavy atom. The van der Waals surface area contributed by atoms with Gasteiger partial charge in [-0.2, -0.15) is 5.10 Å². The van der Waals surface area contributed by atoms with Crippen molar-refractivity contribution < 1.29 is 13.2 Å². The summed E-state index contributed by atoms with van der Waals surface area (Å²) in [5.41, 5.74) is 0.282. The summed E-state index contributed by atoms with van der Waals surface area (Å²) in [6.45, 7) is 0. The summed E-state index contributed by atoms with van der Waals surface area (Å²) in [6, 6.07) is 1.44. The van der Waals surface area contributed by atoms with Gasteiger partial charge in [0.25, 0.3) is 12.7 Å². The summed E-state index contributed by atoms with van der Waals surface area (Å²) < 4.78 is 38.5. The van der Waals surface area contributed by atoms with Crippen LogP contribution in [0.3, 0.4) is 0 Å². The van der Waals surface area contributed by atoms with Gasteiger partial charge in [0.2, 0.25) is 0 Å². The predicted octanol–water partition coefficient (Wildman–Crippen LogP) is 2.93. The van der Waals surface area contributed by atoms with Crippen molar-refractivity contribution in [1.29, 1.82) is 0 Å². The fourth-order valence-corrected chi connectivity index (χ4v) is 1.54. The minimum atomic E-state index is -3.10. The third kappa shape index (κ3) is 1.83. The van der Waals surface area contributed by atoms with Gasteiger partial charge in [-0.25, -0.2) is 22.8 Å². The molecule has 0 bridgehead atoms. The lowest BCUT2D eigenvalue weighted by atomic mass is 10.3. The van der Waals surface area contributed by atoms with Crippen LogP contribution in [0.1, 0.15) is 6.30 Å². The van der Waals surface area contributed by atoms with Crippen LogP contribution in [0.15, 0.2) is 23.1 Å². The van der Waals surface area contributed by atoms with Crippen LogP contribution in [-0.2, 0) is 0 Å². The van der Waals surface area contributed by atoms with E-state index < -0.39 is 12.7 Å². The molecule has 80 valence electrons. The average Bonchev–Trinajstić information content (AvgIpc) is 2.59. The Hall–Kier alpha value is -1.11. The second kappa shape index (κ2) is 3.80. The highest BCUT2D eigenvalue weighted by Gasteiger charge is 2.23. The minimum Gasteiger partial charge on any atom is -0.249 e. The van der Waals surface area contributed by atoms with E-state index >= 15 is 0 Å². The highest BCUT2D eigenvalue weighted by Crippen LogP contribution is 2.24. The smallest absolute Gasteiger partial charge is 0.249 e. The first kappa shape index (κ1) is 10.4. The summed E-state index contributed by atoms with van der Waals surface area (Å²) in [5, 5.41) is 4.07. The molecule has 7 heteroatoms. The maximum Gasteiger partial charge on any atom is 0.289 e. The van der Waals surface area contributed by atoms with Crippen LogP contribution in [0, 0.1) is 0 Å². The van der Waals surface area contributed by atoms with Crippen LogP contribution in [0.25, 0.3) is 10.9 Å². The number of halogens is 4. The van der Waals surface area contributed by atoms with E-state index in [1.807, 2.05) is 0 Å². The van der Waals surface area contributed by atoms with Gasteiger partial charge < -0.3 is 0 Å². The first-order valence-corrected chi connectivity index (χ1v) is 4.80. The normalized spacial score (nSPS) is 13.7. The van der Waals surface area contributed by atoms with Gasteiger partial charge in [0, 0.05) is 11.6 Å². The minimum absolute atomic E-state index is 0.282. The van der Waals surface area contributed by atoms with Gasteiger partial charge in [-0.3, -0.25) is 0 Å². The van der Waals surface area contributed by atoms with Gasteiger partial charge >= 0.3 is 0 Å². The third-order valence-electron chi connectivity index (χ3n) is 1.89. The Kier molecular flexibility index (Phi) is 2.64. The molecule has 0 saturated carbocycles. The number of nitrogens with zero attached hydrogens (tertiary/aromatic N) is 3. The molecule has 0 spiro atoms. The fraction of sp³-hybridized carbons (Fsp3) is 0.250. The molecule has 2 rings (SSSR count). The van der Waals surface area contributed by atoms with Gasteiger partial charge in [-0.1, -0.05) is 0 Å². The molecular weight excluding hydrogens is 275 g/mol. The molecule has 2 aromatic rings. The van der Waals surface area contributed by atoms with Crippen molar-refractivity contribution in [2.24, 2.45) is 0 Å². The second-order valence-corrected chi connectivity index (χ2v) is 3.67. The van der Waals surface area contributed by atoms with E-state index in [9.17, 15) is 13.2 Å². The number of aromatic nitrogens is 3. The Morgan fingerprint density at radius 1 is 1.27 bits per heavy atom. The van der Waals surface area contributed by atoms with Gasteiger partial charge in [0.1, 0.15) is 4.60 Å². The molecule has 2 heterocycles. The number of hydrogen-bond donors (Lipinski definition) is 0. The Bertz CT molecular complexity index is 485. The molecular formula is C8H5BrF3N3. The van der Waals surface area contributed by atoms with Crippen LogP contribution in [-0.4, -0.2) is 21.2 Å². The fourth-order valence-electron chi connectivity index (χ4n) is 1.22. The standard InChI is InChI=1S/C8H5BrF3N3/c9-6-1-5-4(2-13-6)3-14-15(5)8(12)7(10)11/h1-3,7-8H. The first-order valence-electron chi connectivity index (χ1n) is 4.00. The molecule has 0 amide bonds. The Labute approximate surface area is 91.0 Å². The number of alkyl halides is 3. The number of pyridine rings is 1. The monoisotopic (exact) mass is 279 g/mol. The van der Waals surface area contributed by atoms with Crippen molar-refractivity contribution in [2.75, 3.05) is 0 Å². The largest absolute Gasteiger partial charge is 0.289 e. The zero-order valence-electron chi connectivity index (χ0n) is 7.24. The van der Waals surface area contributed by atoms with E-state index in [0.29, 0.717) is 14.7 Å². The molecule has 15 heavy (non-hydrogen) atoms. The lowest BCUT2D eigenvalue weighted by Gasteiger charge is -2.08. The molecule has 0 aliphatic rings. The summed E-state index contributed by atoms with van der Waals surface area (Å²) in [5.74, 6) is 0. The Balaban J connectivity index is 2.56. The van der Waals surface area contributed by atoms with E-state index in [1.54, 1.807) is 0 Å². The SMILES string of the molecule is FC(F)C(F)n1ncc2cnc(Br)cc21. The maximum absolute atomic E-state index is 13.1. The number of rotatable bonds is 2. The van der Waals surface area contributed by atoms with E-state index in [0.717, 1.165) is 0 Å². The summed E-state index contributed by atoms with van der Waals surface area (Å²) in [4.78, 5) is 3.88. The summed E-state index contributed by atoms with van der Waals surface area (Å²) in [6.07, 6.45) is -2.80. The molecule has 3 nitrogen and oxygen atoms in total. The topological polar surface area (TPSA) is 30.7 Å². The van der Waals surface area contributed by atoms with Crippen LogP contribution >= 0.6 is 15.9 Å². The van der Waals surface area contributed by atoms with Crippen LogP contribution in [0.4, 0.5) is 13.2 Å². The third-order valence-corrected chi connectivity index (χ3v) is 2.32. The van der Waals surface area contributed by atoms with Crippen molar-refractivity contribution in [2.45, 2.75) is 12.7 Å². The molecule has 0 N–H and O–H groups in total. The second-order valence-electron chi connectivity index (χ2n) is 2.86. The van der Waals surface area contributed by atoms with Crippen LogP contribution < -0.4 is 0 Å². The van der Waals surface area contributed by atoms with E-state index in [1.165, 1.54) is 18.5 Å². The van der Waals surface area contributed by atoms with Gasteiger partial charge in [0.05, 0.1) is 11.7 Å². The van der Waals surface area contributed by atoms with E-state index in [-0.39, 0.29) is 5.52 Å². The van der Waals surface area contributed by atoms with Crippen molar-refractivity contribution in [3.63, 3.8) is 0 Å². The lowest BCUT2D eigenvalue weighted by molar-refractivity contribution is 0.00343. The highest BCUT2D eigenvalue weighted by molar-refractivity contribution is 9.10. The zero-order valence-corrected chi connectivity index (χ0v) is 8.83. The number of hydrogen-bond acceptors (Lipinski definition) is 2. The maximum atomic E-state index is 13.1. The lowest BCUT2D eigenvalue weighted by Crippen LogP contribution is -2.13. The molecule has 0 fully saturated rings. The molecule has 0 aliphatic carbocycles. The Morgan fingerprint density at radius 2 is 2.00 bits per heavy atom. The van der Waals surface area contributed by atoms with Crippen LogP contribution in [0.2, 0.25) is 0 Å². The first-order chi connectivity index (χ1) is 7.09. The quantitative estimate of drug-likeness (QED) is 0.792.